The van der Waals surface area contributed by atoms with Crippen LogP contribution in [0.3, 0.4) is 0 Å². The quantitative estimate of drug-likeness (QED) is 0.392. The molecule has 3 aromatic carbocycles. The minimum Gasteiger partial charge on any atom is -0.497 e. The molecule has 35 heavy (non-hydrogen) atoms. The fourth-order valence-electron chi connectivity index (χ4n) is 4.16. The summed E-state index contributed by atoms with van der Waals surface area (Å²) in [5.41, 5.74) is 4.13. The number of benzene rings is 3. The number of aromatic amines is 1. The molecule has 0 aliphatic carbocycles. The second-order valence-corrected chi connectivity index (χ2v) is 8.84. The lowest BCUT2D eigenvalue weighted by molar-refractivity contribution is 0.414. The lowest BCUT2D eigenvalue weighted by Crippen LogP contribution is -2.25. The number of rotatable bonds is 6. The second kappa shape index (κ2) is 9.52. The van der Waals surface area contributed by atoms with Gasteiger partial charge >= 0.3 is 0 Å². The molecule has 1 unspecified atom stereocenters. The molecule has 1 atom stereocenters. The van der Waals surface area contributed by atoms with Gasteiger partial charge in [0.25, 0.3) is 0 Å². The number of H-pyrrole nitrogens is 1. The molecule has 7 nitrogen and oxygen atoms in total. The summed E-state index contributed by atoms with van der Waals surface area (Å²) in [5, 5.41) is 0. The summed E-state index contributed by atoms with van der Waals surface area (Å²) in [6.45, 7) is 0. The van der Waals surface area contributed by atoms with Crippen molar-refractivity contribution < 1.29 is 17.9 Å². The van der Waals surface area contributed by atoms with Crippen LogP contribution in [0, 0.1) is 0 Å². The molecule has 0 saturated heterocycles. The van der Waals surface area contributed by atoms with Gasteiger partial charge in [0.1, 0.15) is 28.2 Å². The van der Waals surface area contributed by atoms with Gasteiger partial charge in [0, 0.05) is 23.0 Å². The Labute approximate surface area is 204 Å². The summed E-state index contributed by atoms with van der Waals surface area (Å²) >= 11 is 0. The molecule has 0 amide bonds. The highest BCUT2D eigenvalue weighted by Gasteiger charge is 2.33. The summed E-state index contributed by atoms with van der Waals surface area (Å²) < 4.78 is 34.9. The van der Waals surface area contributed by atoms with Crippen LogP contribution in [0.1, 0.15) is 11.9 Å². The molecule has 0 saturated carbocycles. The van der Waals surface area contributed by atoms with Crippen LogP contribution in [-0.4, -0.2) is 37.5 Å². The summed E-state index contributed by atoms with van der Waals surface area (Å²) in [7, 11) is 0.828. The van der Waals surface area contributed by atoms with E-state index in [1.165, 1.54) is 0 Å². The smallest absolute Gasteiger partial charge is 0.219 e. The van der Waals surface area contributed by atoms with Crippen LogP contribution in [-0.2, 0) is 10.3 Å². The Kier molecular flexibility index (Phi) is 6.12. The van der Waals surface area contributed by atoms with Crippen LogP contribution >= 0.6 is 0 Å². The van der Waals surface area contributed by atoms with Gasteiger partial charge in [-0.3, -0.25) is 0 Å². The van der Waals surface area contributed by atoms with Gasteiger partial charge in [-0.15, -0.1) is 0 Å². The van der Waals surface area contributed by atoms with E-state index in [-0.39, 0.29) is 4.86 Å². The Balaban J connectivity index is 1.68. The van der Waals surface area contributed by atoms with Gasteiger partial charge in [0.15, 0.2) is 0 Å². The first-order valence-corrected chi connectivity index (χ1v) is 12.0. The summed E-state index contributed by atoms with van der Waals surface area (Å²) in [4.78, 5) is 10.5. The summed E-state index contributed by atoms with van der Waals surface area (Å²) in [6.07, 6.45) is 3.39. The zero-order chi connectivity index (χ0) is 24.4. The van der Waals surface area contributed by atoms with Crippen LogP contribution in [0.4, 0.5) is 5.69 Å². The van der Waals surface area contributed by atoms with Crippen LogP contribution in [0.5, 0.6) is 11.5 Å². The Morgan fingerprint density at radius 2 is 1.43 bits per heavy atom. The third-order valence-corrected chi connectivity index (χ3v) is 6.66. The van der Waals surface area contributed by atoms with Crippen molar-refractivity contribution in [2.75, 3.05) is 19.1 Å². The summed E-state index contributed by atoms with van der Waals surface area (Å²) in [6, 6.07) is 24.3. The highest BCUT2D eigenvalue weighted by molar-refractivity contribution is 7.73. The third-order valence-electron chi connectivity index (χ3n) is 5.92. The molecule has 2 heterocycles. The van der Waals surface area contributed by atoms with Gasteiger partial charge in [0.05, 0.1) is 25.6 Å². The van der Waals surface area contributed by atoms with E-state index >= 15 is 0 Å². The standard InChI is InChI=1S/C27H23N3O4S/c1-33-21-12-8-18(9-13-21)24-25(19-10-14-22(34-2)15-11-19)29-27(28-24)26-23(35(31)32)16-17-30(26)20-6-4-3-5-7-20/h3-17,26H,1-2H3,(H,28,29). The van der Waals surface area contributed by atoms with Crippen molar-refractivity contribution in [1.82, 2.24) is 9.97 Å². The van der Waals surface area contributed by atoms with Crippen molar-refractivity contribution in [3.8, 4) is 34.0 Å². The Morgan fingerprint density at radius 1 is 0.829 bits per heavy atom. The molecule has 0 bridgehead atoms. The topological polar surface area (TPSA) is 84.5 Å². The molecule has 0 spiro atoms. The first-order chi connectivity index (χ1) is 17.1. The van der Waals surface area contributed by atoms with Crippen molar-refractivity contribution in [2.24, 2.45) is 0 Å². The van der Waals surface area contributed by atoms with Crippen LogP contribution in [0.2, 0.25) is 0 Å². The number of hydrogen-bond acceptors (Lipinski definition) is 6. The maximum Gasteiger partial charge on any atom is 0.219 e. The third kappa shape index (κ3) is 4.31. The van der Waals surface area contributed by atoms with Gasteiger partial charge in [-0.1, -0.05) is 18.2 Å². The van der Waals surface area contributed by atoms with Crippen molar-refractivity contribution in [1.29, 1.82) is 0 Å². The largest absolute Gasteiger partial charge is 0.497 e. The fourth-order valence-corrected chi connectivity index (χ4v) is 4.74. The number of nitrogens with zero attached hydrogens (tertiary/aromatic N) is 2. The predicted octanol–water partition coefficient (Wildman–Crippen LogP) is 4.89. The molecule has 0 fully saturated rings. The van der Waals surface area contributed by atoms with E-state index in [1.54, 1.807) is 26.5 Å². The van der Waals surface area contributed by atoms with E-state index in [9.17, 15) is 8.42 Å². The number of aromatic nitrogens is 2. The zero-order valence-electron chi connectivity index (χ0n) is 19.2. The molecule has 0 radical (unpaired) electrons. The van der Waals surface area contributed by atoms with E-state index in [0.29, 0.717) is 11.5 Å². The lowest BCUT2D eigenvalue weighted by atomic mass is 10.0. The van der Waals surface area contributed by atoms with E-state index in [2.05, 4.69) is 4.98 Å². The molecule has 176 valence electrons. The first-order valence-electron chi connectivity index (χ1n) is 11.0. The van der Waals surface area contributed by atoms with Gasteiger partial charge in [-0.2, -0.15) is 8.42 Å². The second-order valence-electron chi connectivity index (χ2n) is 7.90. The number of imidazole rings is 1. The van der Waals surface area contributed by atoms with Crippen LogP contribution < -0.4 is 14.4 Å². The molecular formula is C27H23N3O4S. The van der Waals surface area contributed by atoms with Gasteiger partial charge < -0.3 is 19.4 Å². The molecule has 5 rings (SSSR count). The average Bonchev–Trinajstić information content (AvgIpc) is 3.54. The SMILES string of the molecule is COc1ccc(-c2nc(C3C(=S(=O)=O)C=CN3c3ccccc3)[nH]c2-c2ccc(OC)cc2)cc1. The van der Waals surface area contributed by atoms with Crippen molar-refractivity contribution in [3.63, 3.8) is 0 Å². The van der Waals surface area contributed by atoms with Crippen LogP contribution in [0.25, 0.3) is 22.5 Å². The van der Waals surface area contributed by atoms with E-state index in [0.717, 1.165) is 34.0 Å². The normalized spacial score (nSPS) is 14.9. The highest BCUT2D eigenvalue weighted by Crippen LogP contribution is 2.37. The molecule has 1 aliphatic rings. The molecule has 1 aliphatic heterocycles. The average molecular weight is 486 g/mol. The first kappa shape index (κ1) is 22.5. The van der Waals surface area contributed by atoms with Gasteiger partial charge in [0.2, 0.25) is 10.3 Å². The Bertz CT molecular complexity index is 1430. The molecular weight excluding hydrogens is 462 g/mol. The molecule has 8 heteroatoms. The maximum absolute atomic E-state index is 12.2. The lowest BCUT2D eigenvalue weighted by Gasteiger charge is -2.23. The van der Waals surface area contributed by atoms with E-state index in [4.69, 9.17) is 14.5 Å². The van der Waals surface area contributed by atoms with Crippen LogP contribution in [0.15, 0.2) is 91.1 Å². The van der Waals surface area contributed by atoms with E-state index < -0.39 is 16.3 Å². The van der Waals surface area contributed by atoms with Crippen molar-refractivity contribution in [3.05, 3.63) is 97.0 Å². The van der Waals surface area contributed by atoms with E-state index in [1.807, 2.05) is 83.8 Å². The van der Waals surface area contributed by atoms with Crippen molar-refractivity contribution in [2.45, 2.75) is 6.04 Å². The number of methoxy groups -OCH3 is 2. The predicted molar refractivity (Wildman–Crippen MR) is 137 cm³/mol. The number of hydrogen-bond donors (Lipinski definition) is 1. The number of para-hydroxylation sites is 1. The minimum atomic E-state index is -2.42. The minimum absolute atomic E-state index is 0.241. The molecule has 1 aromatic heterocycles. The monoisotopic (exact) mass is 485 g/mol. The van der Waals surface area contributed by atoms with Gasteiger partial charge in [-0.05, 0) is 66.7 Å². The number of anilines is 1. The zero-order valence-corrected chi connectivity index (χ0v) is 20.0. The highest BCUT2D eigenvalue weighted by atomic mass is 32.2. The number of nitrogens with one attached hydrogen (secondary N) is 1. The molecule has 4 aromatic rings. The molecule has 1 N–H and O–H groups in total. The summed E-state index contributed by atoms with van der Waals surface area (Å²) in [5.74, 6) is 2.00. The van der Waals surface area contributed by atoms with Crippen molar-refractivity contribution >= 4 is 20.8 Å². The maximum atomic E-state index is 12.2. The Morgan fingerprint density at radius 3 is 2.00 bits per heavy atom. The van der Waals surface area contributed by atoms with Gasteiger partial charge in [-0.25, -0.2) is 4.98 Å². The Hall–Kier alpha value is -4.30. The number of ether oxygens (including phenoxy) is 2. The fraction of sp³-hybridized carbons (Fsp3) is 0.111.